The van der Waals surface area contributed by atoms with E-state index in [9.17, 15) is 0 Å². The molecule has 0 aromatic heterocycles. The monoisotopic (exact) mass is 648 g/mol. The first-order valence-corrected chi connectivity index (χ1v) is 15.5. The SMILES string of the molecule is CC(C)CC(N(C)C)C1(c2ccc(Cl)cc2)CCC1.CC(C)CC(N(C)C)C1(c2ccc(Cl)cc2)CCC1.Cl.Cl.O. The zero-order chi connectivity index (χ0) is 28.1. The Morgan fingerprint density at radius 1 is 0.585 bits per heavy atom. The van der Waals surface area contributed by atoms with Crippen LogP contribution in [0.25, 0.3) is 0 Å². The summed E-state index contributed by atoms with van der Waals surface area (Å²) in [4.78, 5) is 4.85. The minimum atomic E-state index is 0. The van der Waals surface area contributed by atoms with Crippen molar-refractivity contribution in [3.63, 3.8) is 0 Å². The summed E-state index contributed by atoms with van der Waals surface area (Å²) in [6.45, 7) is 9.30. The van der Waals surface area contributed by atoms with E-state index < -0.39 is 0 Å². The summed E-state index contributed by atoms with van der Waals surface area (Å²) in [5.41, 5.74) is 3.64. The van der Waals surface area contributed by atoms with E-state index in [1.165, 1.54) is 62.5 Å². The topological polar surface area (TPSA) is 38.0 Å². The van der Waals surface area contributed by atoms with Gasteiger partial charge in [-0.05, 0) is 114 Å². The van der Waals surface area contributed by atoms with E-state index in [0.29, 0.717) is 22.9 Å². The molecule has 2 unspecified atom stereocenters. The fourth-order valence-corrected chi connectivity index (χ4v) is 7.31. The molecule has 41 heavy (non-hydrogen) atoms. The Labute approximate surface area is 273 Å². The minimum absolute atomic E-state index is 0. The standard InChI is InChI=1S/2C17H26ClN.2ClH.H2O/c2*1-13(2)12-16(19(3)4)17(10-5-11-17)14-6-8-15(18)9-7-14;;;/h2*6-9,13,16H,5,10-12H2,1-4H3;2*1H;1H2. The normalized spacial score (nSPS) is 18.1. The average Bonchev–Trinajstić information content (AvgIpc) is 2.78. The number of rotatable bonds is 10. The minimum Gasteiger partial charge on any atom is -0.412 e. The van der Waals surface area contributed by atoms with Crippen molar-refractivity contribution >= 4 is 48.0 Å². The van der Waals surface area contributed by atoms with Crippen LogP contribution in [0.3, 0.4) is 0 Å². The van der Waals surface area contributed by atoms with Gasteiger partial charge in [0.1, 0.15) is 0 Å². The number of benzene rings is 2. The van der Waals surface area contributed by atoms with Crippen LogP contribution in [-0.4, -0.2) is 55.6 Å². The van der Waals surface area contributed by atoms with Crippen LogP contribution in [-0.2, 0) is 10.8 Å². The highest BCUT2D eigenvalue weighted by Crippen LogP contribution is 2.50. The molecule has 0 aliphatic heterocycles. The molecule has 2 aliphatic carbocycles. The molecule has 236 valence electrons. The predicted octanol–water partition coefficient (Wildman–Crippen LogP) is 9.49. The van der Waals surface area contributed by atoms with Crippen LogP contribution in [0, 0.1) is 11.8 Å². The first-order valence-electron chi connectivity index (χ1n) is 14.8. The zero-order valence-electron chi connectivity index (χ0n) is 26.6. The van der Waals surface area contributed by atoms with E-state index in [1.807, 2.05) is 24.3 Å². The van der Waals surface area contributed by atoms with E-state index in [1.54, 1.807) is 0 Å². The van der Waals surface area contributed by atoms with Crippen molar-refractivity contribution in [3.05, 3.63) is 69.7 Å². The van der Waals surface area contributed by atoms with Crippen LogP contribution in [0.5, 0.6) is 0 Å². The summed E-state index contributed by atoms with van der Waals surface area (Å²) < 4.78 is 0. The van der Waals surface area contributed by atoms with Gasteiger partial charge >= 0.3 is 0 Å². The molecule has 2 N–H and O–H groups in total. The van der Waals surface area contributed by atoms with Crippen LogP contribution in [0.2, 0.25) is 10.0 Å². The van der Waals surface area contributed by atoms with Gasteiger partial charge in [-0.1, -0.05) is 88.0 Å². The van der Waals surface area contributed by atoms with Crippen LogP contribution in [0.1, 0.15) is 90.2 Å². The van der Waals surface area contributed by atoms with Gasteiger partial charge in [-0.25, -0.2) is 0 Å². The summed E-state index contributed by atoms with van der Waals surface area (Å²) >= 11 is 12.1. The first kappa shape index (κ1) is 40.5. The molecular weight excluding hydrogens is 594 g/mol. The third-order valence-corrected chi connectivity index (χ3v) is 9.75. The summed E-state index contributed by atoms with van der Waals surface area (Å²) in [6, 6.07) is 18.4. The fraction of sp³-hybridized carbons (Fsp3) is 0.647. The second kappa shape index (κ2) is 17.7. The Morgan fingerprint density at radius 3 is 1.02 bits per heavy atom. The Morgan fingerprint density at radius 2 is 0.854 bits per heavy atom. The third-order valence-electron chi connectivity index (χ3n) is 9.24. The summed E-state index contributed by atoms with van der Waals surface area (Å²) in [5, 5.41) is 1.67. The molecule has 2 aliphatic rings. The molecule has 7 heteroatoms. The lowest BCUT2D eigenvalue weighted by atomic mass is 9.58. The zero-order valence-corrected chi connectivity index (χ0v) is 29.7. The van der Waals surface area contributed by atoms with Crippen LogP contribution < -0.4 is 0 Å². The van der Waals surface area contributed by atoms with Gasteiger partial charge in [0.25, 0.3) is 0 Å². The van der Waals surface area contributed by atoms with Crippen molar-refractivity contribution in [2.24, 2.45) is 11.8 Å². The molecule has 3 nitrogen and oxygen atoms in total. The maximum atomic E-state index is 6.04. The molecule has 0 heterocycles. The molecule has 2 aromatic carbocycles. The summed E-state index contributed by atoms with van der Waals surface area (Å²) in [6.07, 6.45) is 10.5. The molecule has 2 saturated carbocycles. The molecule has 2 fully saturated rings. The maximum absolute atomic E-state index is 6.04. The van der Waals surface area contributed by atoms with E-state index in [-0.39, 0.29) is 30.3 Å². The van der Waals surface area contributed by atoms with Gasteiger partial charge < -0.3 is 15.3 Å². The van der Waals surface area contributed by atoms with Crippen LogP contribution >= 0.6 is 48.0 Å². The lowest BCUT2D eigenvalue weighted by Gasteiger charge is -2.51. The molecule has 2 atom stereocenters. The largest absolute Gasteiger partial charge is 0.412 e. The number of hydrogen-bond acceptors (Lipinski definition) is 2. The smallest absolute Gasteiger partial charge is 0.0406 e. The van der Waals surface area contributed by atoms with E-state index in [2.05, 4.69) is 90.0 Å². The van der Waals surface area contributed by atoms with Crippen LogP contribution in [0.15, 0.2) is 48.5 Å². The average molecular weight is 651 g/mol. The molecule has 4 rings (SSSR count). The van der Waals surface area contributed by atoms with E-state index >= 15 is 0 Å². The highest BCUT2D eigenvalue weighted by Gasteiger charge is 2.47. The highest BCUT2D eigenvalue weighted by molar-refractivity contribution is 6.30. The van der Waals surface area contributed by atoms with Crippen LogP contribution in [0.4, 0.5) is 0 Å². The molecule has 0 bridgehead atoms. The second-order valence-electron chi connectivity index (χ2n) is 13.3. The van der Waals surface area contributed by atoms with Gasteiger partial charge in [-0.3, -0.25) is 0 Å². The molecule has 0 spiro atoms. The molecule has 2 aromatic rings. The first-order chi connectivity index (χ1) is 17.9. The fourth-order valence-electron chi connectivity index (χ4n) is 7.06. The van der Waals surface area contributed by atoms with Gasteiger partial charge in [-0.15, -0.1) is 24.8 Å². The van der Waals surface area contributed by atoms with E-state index in [0.717, 1.165) is 21.9 Å². The van der Waals surface area contributed by atoms with E-state index in [4.69, 9.17) is 23.2 Å². The number of hydrogen-bond donors (Lipinski definition) is 0. The predicted molar refractivity (Wildman–Crippen MR) is 186 cm³/mol. The molecule has 0 amide bonds. The molecule has 0 saturated heterocycles. The lowest BCUT2D eigenvalue weighted by molar-refractivity contribution is 0.0808. The number of halogens is 4. The van der Waals surface area contributed by atoms with Crippen molar-refractivity contribution in [2.45, 2.75) is 102 Å². The van der Waals surface area contributed by atoms with Crippen molar-refractivity contribution in [2.75, 3.05) is 28.2 Å². The summed E-state index contributed by atoms with van der Waals surface area (Å²) in [5.74, 6) is 1.47. The van der Waals surface area contributed by atoms with Crippen molar-refractivity contribution in [1.82, 2.24) is 9.80 Å². The van der Waals surface area contributed by atoms with Gasteiger partial charge in [0.15, 0.2) is 0 Å². The Hall–Kier alpha value is -0.520. The highest BCUT2D eigenvalue weighted by atomic mass is 35.5. The van der Waals surface area contributed by atoms with Crippen molar-refractivity contribution < 1.29 is 5.48 Å². The van der Waals surface area contributed by atoms with Gasteiger partial charge in [0, 0.05) is 33.0 Å². The van der Waals surface area contributed by atoms with Gasteiger partial charge in [-0.2, -0.15) is 0 Å². The Kier molecular flexibility index (Phi) is 17.5. The van der Waals surface area contributed by atoms with Crippen molar-refractivity contribution in [3.8, 4) is 0 Å². The second-order valence-corrected chi connectivity index (χ2v) is 14.1. The number of likely N-dealkylation sites (N-methyl/N-ethyl adjacent to an activating group) is 2. The Balaban J connectivity index is 0.000000727. The van der Waals surface area contributed by atoms with Crippen molar-refractivity contribution in [1.29, 1.82) is 0 Å². The van der Waals surface area contributed by atoms with Gasteiger partial charge in [0.05, 0.1) is 0 Å². The Bertz CT molecular complexity index is 903. The quantitative estimate of drug-likeness (QED) is 0.257. The third kappa shape index (κ3) is 9.73. The summed E-state index contributed by atoms with van der Waals surface area (Å²) in [7, 11) is 8.90. The lowest BCUT2D eigenvalue weighted by Crippen LogP contribution is -2.52. The van der Waals surface area contributed by atoms with Gasteiger partial charge in [0.2, 0.25) is 0 Å². The molecular formula is C34H56Cl4N2O. The number of nitrogens with zero attached hydrogens (tertiary/aromatic N) is 2. The maximum Gasteiger partial charge on any atom is 0.0406 e. The molecule has 0 radical (unpaired) electrons.